The van der Waals surface area contributed by atoms with Gasteiger partial charge in [-0.05, 0) is 25.5 Å². The number of allylic oxidation sites excluding steroid dienone is 4. The zero-order chi connectivity index (χ0) is 15.2. The van der Waals surface area contributed by atoms with Crippen LogP contribution in [0, 0.1) is 17.2 Å². The Bertz CT molecular complexity index is 501. The highest BCUT2D eigenvalue weighted by atomic mass is 16.5. The number of nitriles is 1. The van der Waals surface area contributed by atoms with Crippen LogP contribution in [-0.4, -0.2) is 13.0 Å². The van der Waals surface area contributed by atoms with Crippen LogP contribution in [0.25, 0.3) is 0 Å². The zero-order valence-corrected chi connectivity index (χ0v) is 11.9. The highest BCUT2D eigenvalue weighted by Gasteiger charge is 2.21. The van der Waals surface area contributed by atoms with Gasteiger partial charge in [-0.25, -0.2) is 0 Å². The van der Waals surface area contributed by atoms with Crippen molar-refractivity contribution in [2.24, 2.45) is 11.7 Å². The minimum absolute atomic E-state index is 0.253. The maximum atomic E-state index is 11.5. The van der Waals surface area contributed by atoms with E-state index in [-0.39, 0.29) is 11.5 Å². The van der Waals surface area contributed by atoms with E-state index in [1.165, 1.54) is 13.2 Å². The normalized spacial score (nSPS) is 12.1. The summed E-state index contributed by atoms with van der Waals surface area (Å²) in [4.78, 5) is 11.5. The maximum absolute atomic E-state index is 11.5. The third-order valence-electron chi connectivity index (χ3n) is 2.75. The van der Waals surface area contributed by atoms with Gasteiger partial charge in [0.2, 0.25) is 5.91 Å². The van der Waals surface area contributed by atoms with Gasteiger partial charge in [-0.3, -0.25) is 4.79 Å². The molecule has 102 valence electrons. The van der Waals surface area contributed by atoms with Gasteiger partial charge in [0.05, 0.1) is 13.2 Å². The molecular formula is C15H20N2O2. The van der Waals surface area contributed by atoms with Gasteiger partial charge < -0.3 is 10.5 Å². The first-order valence-corrected chi connectivity index (χ1v) is 5.77. The lowest BCUT2D eigenvalue weighted by Gasteiger charge is -2.19. The molecule has 1 atom stereocenters. The molecule has 0 aromatic carbocycles. The first kappa shape index (κ1) is 16.7. The van der Waals surface area contributed by atoms with E-state index in [1.54, 1.807) is 0 Å². The Hall–Kier alpha value is -2.28. The van der Waals surface area contributed by atoms with E-state index in [0.717, 1.165) is 5.57 Å². The molecule has 0 aliphatic heterocycles. The van der Waals surface area contributed by atoms with E-state index in [1.807, 2.05) is 26.8 Å². The SMILES string of the molecule is C=C(C#N)/C=C(/OC)C(=C)C(C)C(C(N)=O)=C(C)C. The summed E-state index contributed by atoms with van der Waals surface area (Å²) in [5.74, 6) is -0.359. The lowest BCUT2D eigenvalue weighted by atomic mass is 9.88. The van der Waals surface area contributed by atoms with Crippen LogP contribution in [0.1, 0.15) is 20.8 Å². The van der Waals surface area contributed by atoms with Gasteiger partial charge in [0, 0.05) is 17.1 Å². The van der Waals surface area contributed by atoms with E-state index in [2.05, 4.69) is 13.2 Å². The summed E-state index contributed by atoms with van der Waals surface area (Å²) < 4.78 is 5.19. The van der Waals surface area contributed by atoms with Gasteiger partial charge in [0.15, 0.2) is 0 Å². The molecule has 1 unspecified atom stereocenters. The van der Waals surface area contributed by atoms with E-state index in [4.69, 9.17) is 15.7 Å². The van der Waals surface area contributed by atoms with E-state index in [9.17, 15) is 4.79 Å². The number of hydrogen-bond acceptors (Lipinski definition) is 3. The molecule has 0 saturated carbocycles. The summed E-state index contributed by atoms with van der Waals surface area (Å²) in [6.07, 6.45) is 1.49. The predicted molar refractivity (Wildman–Crippen MR) is 75.7 cm³/mol. The number of amides is 1. The van der Waals surface area contributed by atoms with Crippen molar-refractivity contribution >= 4 is 5.91 Å². The molecule has 0 bridgehead atoms. The molecule has 0 radical (unpaired) electrons. The fourth-order valence-electron chi connectivity index (χ4n) is 1.75. The average molecular weight is 260 g/mol. The lowest BCUT2D eigenvalue weighted by Crippen LogP contribution is -2.22. The minimum Gasteiger partial charge on any atom is -0.496 e. The molecule has 4 heteroatoms. The Labute approximate surface area is 114 Å². The Morgan fingerprint density at radius 1 is 1.42 bits per heavy atom. The summed E-state index contributed by atoms with van der Waals surface area (Å²) in [6, 6.07) is 1.90. The number of methoxy groups -OCH3 is 1. The average Bonchev–Trinajstić information content (AvgIpc) is 2.33. The Kier molecular flexibility index (Phi) is 6.35. The van der Waals surface area contributed by atoms with Crippen molar-refractivity contribution in [2.75, 3.05) is 7.11 Å². The molecular weight excluding hydrogens is 240 g/mol. The van der Waals surface area contributed by atoms with Gasteiger partial charge in [-0.1, -0.05) is 25.7 Å². The summed E-state index contributed by atoms with van der Waals surface area (Å²) in [5.41, 5.74) is 7.53. The van der Waals surface area contributed by atoms with Crippen LogP contribution in [0.4, 0.5) is 0 Å². The molecule has 0 aromatic rings. The second-order valence-electron chi connectivity index (χ2n) is 4.37. The fraction of sp³-hybridized carbons (Fsp3) is 0.333. The smallest absolute Gasteiger partial charge is 0.245 e. The summed E-state index contributed by atoms with van der Waals surface area (Å²) in [5, 5.41) is 8.72. The van der Waals surface area contributed by atoms with Crippen LogP contribution in [0.3, 0.4) is 0 Å². The Morgan fingerprint density at radius 3 is 2.26 bits per heavy atom. The minimum atomic E-state index is -0.483. The number of hydrogen-bond donors (Lipinski definition) is 1. The number of nitrogens with zero attached hydrogens (tertiary/aromatic N) is 1. The van der Waals surface area contributed by atoms with Crippen molar-refractivity contribution in [1.82, 2.24) is 0 Å². The van der Waals surface area contributed by atoms with Gasteiger partial charge in [-0.15, -0.1) is 0 Å². The fourth-order valence-corrected chi connectivity index (χ4v) is 1.75. The molecule has 0 aliphatic carbocycles. The van der Waals surface area contributed by atoms with Crippen LogP contribution in [0.5, 0.6) is 0 Å². The van der Waals surface area contributed by atoms with Crippen molar-refractivity contribution < 1.29 is 9.53 Å². The Balaban J connectivity index is 5.48. The van der Waals surface area contributed by atoms with Crippen LogP contribution >= 0.6 is 0 Å². The van der Waals surface area contributed by atoms with Crippen LogP contribution in [0.15, 0.2) is 47.3 Å². The second kappa shape index (κ2) is 7.22. The quantitative estimate of drug-likeness (QED) is 0.345. The van der Waals surface area contributed by atoms with Gasteiger partial charge in [0.25, 0.3) is 0 Å². The molecule has 1 amide bonds. The van der Waals surface area contributed by atoms with Crippen molar-refractivity contribution in [3.8, 4) is 6.07 Å². The Morgan fingerprint density at radius 2 is 1.95 bits per heavy atom. The van der Waals surface area contributed by atoms with Crippen molar-refractivity contribution in [3.05, 3.63) is 47.3 Å². The molecule has 0 spiro atoms. The standard InChI is InChI=1S/C15H20N2O2/c1-9(2)14(15(17)18)12(5)11(4)13(19-6)7-10(3)8-16/h7,12H,3-4H2,1-2,5-6H3,(H2,17,18)/b13-7+. The van der Waals surface area contributed by atoms with Crippen LogP contribution < -0.4 is 5.73 Å². The van der Waals surface area contributed by atoms with Crippen LogP contribution in [0.2, 0.25) is 0 Å². The third-order valence-corrected chi connectivity index (χ3v) is 2.75. The topological polar surface area (TPSA) is 76.1 Å². The molecule has 0 rings (SSSR count). The van der Waals surface area contributed by atoms with Gasteiger partial charge in [-0.2, -0.15) is 5.26 Å². The van der Waals surface area contributed by atoms with E-state index >= 15 is 0 Å². The van der Waals surface area contributed by atoms with Crippen molar-refractivity contribution in [1.29, 1.82) is 5.26 Å². The van der Waals surface area contributed by atoms with E-state index in [0.29, 0.717) is 16.9 Å². The maximum Gasteiger partial charge on any atom is 0.245 e. The van der Waals surface area contributed by atoms with Gasteiger partial charge >= 0.3 is 0 Å². The zero-order valence-electron chi connectivity index (χ0n) is 11.9. The largest absolute Gasteiger partial charge is 0.496 e. The third kappa shape index (κ3) is 4.47. The van der Waals surface area contributed by atoms with Crippen LogP contribution in [-0.2, 0) is 9.53 Å². The number of primary amides is 1. The molecule has 4 nitrogen and oxygen atoms in total. The molecule has 0 heterocycles. The first-order chi connectivity index (χ1) is 8.76. The molecule has 0 saturated heterocycles. The summed E-state index contributed by atoms with van der Waals surface area (Å²) in [6.45, 7) is 12.9. The predicted octanol–water partition coefficient (Wildman–Crippen LogP) is 2.61. The molecule has 0 aromatic heterocycles. The van der Waals surface area contributed by atoms with Crippen molar-refractivity contribution in [3.63, 3.8) is 0 Å². The molecule has 2 N–H and O–H groups in total. The first-order valence-electron chi connectivity index (χ1n) is 5.77. The second-order valence-corrected chi connectivity index (χ2v) is 4.37. The van der Waals surface area contributed by atoms with Gasteiger partial charge in [0.1, 0.15) is 5.76 Å². The monoisotopic (exact) mass is 260 g/mol. The summed E-state index contributed by atoms with van der Waals surface area (Å²) >= 11 is 0. The number of ether oxygens (including phenoxy) is 1. The van der Waals surface area contributed by atoms with Crippen molar-refractivity contribution in [2.45, 2.75) is 20.8 Å². The highest BCUT2D eigenvalue weighted by Crippen LogP contribution is 2.27. The molecule has 19 heavy (non-hydrogen) atoms. The number of rotatable bonds is 6. The lowest BCUT2D eigenvalue weighted by molar-refractivity contribution is -0.115. The molecule has 0 aliphatic rings. The number of carbonyl (C=O) groups excluding carboxylic acids is 1. The number of carbonyl (C=O) groups is 1. The van der Waals surface area contributed by atoms with E-state index < -0.39 is 5.91 Å². The number of nitrogens with two attached hydrogens (primary N) is 1. The molecule has 0 fully saturated rings. The highest BCUT2D eigenvalue weighted by molar-refractivity contribution is 5.93. The summed E-state index contributed by atoms with van der Waals surface area (Å²) in [7, 11) is 1.47.